The van der Waals surface area contributed by atoms with Gasteiger partial charge in [0, 0.05) is 25.9 Å². The van der Waals surface area contributed by atoms with E-state index in [1.165, 1.54) is 0 Å². The normalized spacial score (nSPS) is 17.4. The van der Waals surface area contributed by atoms with Gasteiger partial charge in [-0.3, -0.25) is 9.59 Å². The van der Waals surface area contributed by atoms with Gasteiger partial charge in [0.25, 0.3) is 5.56 Å². The minimum Gasteiger partial charge on any atom is -0.343 e. The zero-order chi connectivity index (χ0) is 16.4. The summed E-state index contributed by atoms with van der Waals surface area (Å²) in [5, 5.41) is 0. The molecule has 23 heavy (non-hydrogen) atoms. The molecule has 5 nitrogen and oxygen atoms in total. The molecule has 1 aliphatic heterocycles. The van der Waals surface area contributed by atoms with Gasteiger partial charge in [-0.05, 0) is 30.4 Å². The van der Waals surface area contributed by atoms with E-state index < -0.39 is 0 Å². The topological polar surface area (TPSA) is 66.1 Å². The van der Waals surface area contributed by atoms with Gasteiger partial charge < -0.3 is 9.88 Å². The number of aryl methyl sites for hydroxylation is 1. The van der Waals surface area contributed by atoms with Crippen molar-refractivity contribution in [3.05, 3.63) is 40.3 Å². The van der Waals surface area contributed by atoms with E-state index >= 15 is 0 Å². The molecule has 1 aromatic heterocycles. The summed E-state index contributed by atoms with van der Waals surface area (Å²) in [7, 11) is 0. The van der Waals surface area contributed by atoms with Crippen molar-refractivity contribution in [1.29, 1.82) is 0 Å². The Kier molecular flexibility index (Phi) is 4.20. The smallest absolute Gasteiger partial charge is 0.270 e. The monoisotopic (exact) mass is 313 g/mol. The molecule has 0 unspecified atom stereocenters. The molecule has 122 valence electrons. The van der Waals surface area contributed by atoms with Crippen LogP contribution in [0, 0.1) is 5.41 Å². The summed E-state index contributed by atoms with van der Waals surface area (Å²) in [5.41, 5.74) is 2.05. The van der Waals surface area contributed by atoms with E-state index in [-0.39, 0.29) is 11.5 Å². The Morgan fingerprint density at radius 3 is 2.70 bits per heavy atom. The Balaban J connectivity index is 1.65. The van der Waals surface area contributed by atoms with Crippen LogP contribution in [0.25, 0.3) is 11.0 Å². The summed E-state index contributed by atoms with van der Waals surface area (Å²) < 4.78 is 0. The SMILES string of the molecule is CC1(C)CCN(C(=O)CCc2nc3ccccc3[nH]c2=O)CC1. The lowest BCUT2D eigenvalue weighted by molar-refractivity contribution is -0.133. The van der Waals surface area contributed by atoms with Gasteiger partial charge in [0.2, 0.25) is 5.91 Å². The summed E-state index contributed by atoms with van der Waals surface area (Å²) in [6.45, 7) is 6.11. The molecule has 1 aliphatic rings. The Morgan fingerprint density at radius 2 is 1.96 bits per heavy atom. The van der Waals surface area contributed by atoms with Crippen molar-refractivity contribution in [1.82, 2.24) is 14.9 Å². The summed E-state index contributed by atoms with van der Waals surface area (Å²) in [6, 6.07) is 7.44. The largest absolute Gasteiger partial charge is 0.343 e. The number of carbonyl (C=O) groups is 1. The van der Waals surface area contributed by atoms with E-state index in [9.17, 15) is 9.59 Å². The van der Waals surface area contributed by atoms with Gasteiger partial charge in [-0.2, -0.15) is 0 Å². The third-order valence-electron chi connectivity index (χ3n) is 4.72. The fourth-order valence-corrected chi connectivity index (χ4v) is 2.98. The number of aromatic amines is 1. The number of nitrogens with zero attached hydrogens (tertiary/aromatic N) is 2. The number of nitrogens with one attached hydrogen (secondary N) is 1. The molecule has 5 heteroatoms. The summed E-state index contributed by atoms with van der Waals surface area (Å²) in [6.07, 6.45) is 2.80. The van der Waals surface area contributed by atoms with E-state index in [4.69, 9.17) is 0 Å². The number of piperidine rings is 1. The van der Waals surface area contributed by atoms with Gasteiger partial charge >= 0.3 is 0 Å². The fourth-order valence-electron chi connectivity index (χ4n) is 2.98. The Hall–Kier alpha value is -2.17. The van der Waals surface area contributed by atoms with Gasteiger partial charge in [-0.15, -0.1) is 0 Å². The number of amides is 1. The average Bonchev–Trinajstić information content (AvgIpc) is 2.52. The third-order valence-corrected chi connectivity index (χ3v) is 4.72. The third kappa shape index (κ3) is 3.60. The number of H-pyrrole nitrogens is 1. The number of aromatic nitrogens is 2. The summed E-state index contributed by atoms with van der Waals surface area (Å²) in [5.74, 6) is 0.120. The van der Waals surface area contributed by atoms with E-state index in [0.29, 0.717) is 24.0 Å². The summed E-state index contributed by atoms with van der Waals surface area (Å²) >= 11 is 0. The Labute approximate surface area is 135 Å². The number of rotatable bonds is 3. The minimum absolute atomic E-state index is 0.120. The first-order valence-corrected chi connectivity index (χ1v) is 8.20. The molecule has 0 spiro atoms. The van der Waals surface area contributed by atoms with Crippen LogP contribution in [0.2, 0.25) is 0 Å². The van der Waals surface area contributed by atoms with E-state index in [2.05, 4.69) is 23.8 Å². The fraction of sp³-hybridized carbons (Fsp3) is 0.500. The number of fused-ring (bicyclic) bond motifs is 1. The van der Waals surface area contributed by atoms with Crippen molar-refractivity contribution in [2.24, 2.45) is 5.41 Å². The van der Waals surface area contributed by atoms with Crippen LogP contribution in [0.4, 0.5) is 0 Å². The molecule has 0 saturated carbocycles. The van der Waals surface area contributed by atoms with Crippen LogP contribution in [0.15, 0.2) is 29.1 Å². The molecule has 1 N–H and O–H groups in total. The lowest BCUT2D eigenvalue weighted by Crippen LogP contribution is -2.41. The van der Waals surface area contributed by atoms with Gasteiger partial charge in [-0.1, -0.05) is 26.0 Å². The van der Waals surface area contributed by atoms with Crippen LogP contribution >= 0.6 is 0 Å². The van der Waals surface area contributed by atoms with Crippen molar-refractivity contribution in [2.75, 3.05) is 13.1 Å². The molecule has 1 fully saturated rings. The van der Waals surface area contributed by atoms with Gasteiger partial charge in [0.15, 0.2) is 0 Å². The number of likely N-dealkylation sites (tertiary alicyclic amines) is 1. The predicted molar refractivity (Wildman–Crippen MR) is 90.3 cm³/mol. The predicted octanol–water partition coefficient (Wildman–Crippen LogP) is 2.50. The maximum atomic E-state index is 12.3. The quantitative estimate of drug-likeness (QED) is 0.947. The van der Waals surface area contributed by atoms with Crippen molar-refractivity contribution in [3.8, 4) is 0 Å². The first kappa shape index (κ1) is 15.7. The number of hydrogen-bond donors (Lipinski definition) is 1. The van der Waals surface area contributed by atoms with Crippen LogP contribution < -0.4 is 5.56 Å². The van der Waals surface area contributed by atoms with Gasteiger partial charge in [0.05, 0.1) is 11.0 Å². The van der Waals surface area contributed by atoms with E-state index in [1.54, 1.807) is 0 Å². The van der Waals surface area contributed by atoms with Gasteiger partial charge in [-0.25, -0.2) is 4.98 Å². The molecule has 0 aliphatic carbocycles. The molecular formula is C18H23N3O2. The van der Waals surface area contributed by atoms with Crippen LogP contribution in [-0.4, -0.2) is 33.9 Å². The van der Waals surface area contributed by atoms with Crippen molar-refractivity contribution < 1.29 is 4.79 Å². The van der Waals surface area contributed by atoms with Crippen molar-refractivity contribution >= 4 is 16.9 Å². The van der Waals surface area contributed by atoms with E-state index in [0.717, 1.165) is 37.0 Å². The molecule has 2 heterocycles. The highest BCUT2D eigenvalue weighted by molar-refractivity contribution is 5.77. The molecule has 1 aromatic carbocycles. The highest BCUT2D eigenvalue weighted by Gasteiger charge is 2.27. The summed E-state index contributed by atoms with van der Waals surface area (Å²) in [4.78, 5) is 33.6. The molecule has 2 aromatic rings. The maximum absolute atomic E-state index is 12.3. The van der Waals surface area contributed by atoms with Crippen LogP contribution in [0.5, 0.6) is 0 Å². The number of benzene rings is 1. The molecule has 3 rings (SSSR count). The number of carbonyl (C=O) groups excluding carboxylic acids is 1. The number of para-hydroxylation sites is 2. The number of hydrogen-bond acceptors (Lipinski definition) is 3. The second kappa shape index (κ2) is 6.14. The zero-order valence-electron chi connectivity index (χ0n) is 13.8. The lowest BCUT2D eigenvalue weighted by atomic mass is 9.82. The van der Waals surface area contributed by atoms with Crippen LogP contribution in [0.1, 0.15) is 38.8 Å². The van der Waals surface area contributed by atoms with Crippen molar-refractivity contribution in [3.63, 3.8) is 0 Å². The van der Waals surface area contributed by atoms with E-state index in [1.807, 2.05) is 29.2 Å². The molecule has 0 atom stereocenters. The van der Waals surface area contributed by atoms with Crippen molar-refractivity contribution in [2.45, 2.75) is 39.5 Å². The highest BCUT2D eigenvalue weighted by atomic mass is 16.2. The standard InChI is InChI=1S/C18H23N3O2/c1-18(2)9-11-21(12-10-18)16(22)8-7-15-17(23)20-14-6-4-3-5-13(14)19-15/h3-6H,7-12H2,1-2H3,(H,20,23). The zero-order valence-corrected chi connectivity index (χ0v) is 13.8. The molecular weight excluding hydrogens is 290 g/mol. The van der Waals surface area contributed by atoms with Gasteiger partial charge in [0.1, 0.15) is 5.69 Å². The second-order valence-electron chi connectivity index (χ2n) is 7.07. The van der Waals surface area contributed by atoms with Crippen LogP contribution in [0.3, 0.4) is 0 Å². The minimum atomic E-state index is -0.198. The lowest BCUT2D eigenvalue weighted by Gasteiger charge is -2.37. The first-order valence-electron chi connectivity index (χ1n) is 8.20. The average molecular weight is 313 g/mol. The molecule has 1 amide bonds. The molecule has 0 radical (unpaired) electrons. The maximum Gasteiger partial charge on any atom is 0.270 e. The second-order valence-corrected chi connectivity index (χ2v) is 7.07. The first-order chi connectivity index (χ1) is 10.9. The molecule has 0 bridgehead atoms. The Bertz CT molecular complexity index is 769. The highest BCUT2D eigenvalue weighted by Crippen LogP contribution is 2.29. The van der Waals surface area contributed by atoms with Crippen LogP contribution in [-0.2, 0) is 11.2 Å². The molecule has 1 saturated heterocycles. The Morgan fingerprint density at radius 1 is 1.26 bits per heavy atom.